The predicted octanol–water partition coefficient (Wildman–Crippen LogP) is 3.55. The Morgan fingerprint density at radius 3 is 2.67 bits per heavy atom. The van der Waals surface area contributed by atoms with Crippen molar-refractivity contribution in [3.8, 4) is 11.5 Å². The van der Waals surface area contributed by atoms with E-state index < -0.39 is 0 Å². The van der Waals surface area contributed by atoms with E-state index in [0.717, 1.165) is 41.0 Å². The summed E-state index contributed by atoms with van der Waals surface area (Å²) in [6.07, 6.45) is 1.64. The predicted molar refractivity (Wildman–Crippen MR) is 105 cm³/mol. The summed E-state index contributed by atoms with van der Waals surface area (Å²) in [4.78, 5) is 12.1. The van der Waals surface area contributed by atoms with Gasteiger partial charge in [-0.2, -0.15) is 0 Å². The SMILES string of the molecule is COc1cc2c(cc1OC)C(Cc1cc(=O)oc3cc(C)ccc13)NCC2. The molecule has 4 rings (SSSR count). The summed E-state index contributed by atoms with van der Waals surface area (Å²) in [6.45, 7) is 2.87. The standard InChI is InChI=1S/C22H23NO4/c1-13-4-5-16-15(11-22(24)27-19(16)8-13)9-18-17-12-21(26-3)20(25-2)10-14(17)6-7-23-18/h4-5,8,10-12,18,23H,6-7,9H2,1-3H3. The number of rotatable bonds is 4. The van der Waals surface area contributed by atoms with Crippen LogP contribution in [0.2, 0.25) is 0 Å². The second kappa shape index (κ2) is 7.08. The van der Waals surface area contributed by atoms with E-state index in [-0.39, 0.29) is 11.7 Å². The fourth-order valence-corrected chi connectivity index (χ4v) is 3.88. The Bertz CT molecular complexity index is 1050. The zero-order valence-corrected chi connectivity index (χ0v) is 15.8. The van der Waals surface area contributed by atoms with Crippen molar-refractivity contribution in [2.75, 3.05) is 20.8 Å². The molecule has 1 aliphatic rings. The van der Waals surface area contributed by atoms with E-state index in [0.29, 0.717) is 12.0 Å². The molecule has 5 heteroatoms. The molecule has 0 fully saturated rings. The minimum Gasteiger partial charge on any atom is -0.493 e. The van der Waals surface area contributed by atoms with Crippen LogP contribution < -0.4 is 20.4 Å². The molecule has 0 saturated heterocycles. The molecule has 0 spiro atoms. The number of nitrogens with one attached hydrogen (secondary N) is 1. The van der Waals surface area contributed by atoms with Crippen molar-refractivity contribution in [2.45, 2.75) is 25.8 Å². The molecule has 1 aliphatic heterocycles. The summed E-state index contributed by atoms with van der Waals surface area (Å²) < 4.78 is 16.3. The minimum atomic E-state index is -0.313. The smallest absolute Gasteiger partial charge is 0.336 e. The molecule has 1 unspecified atom stereocenters. The highest BCUT2D eigenvalue weighted by Gasteiger charge is 2.24. The van der Waals surface area contributed by atoms with Gasteiger partial charge in [-0.15, -0.1) is 0 Å². The van der Waals surface area contributed by atoms with E-state index in [9.17, 15) is 4.79 Å². The molecule has 2 heterocycles. The third-order valence-electron chi connectivity index (χ3n) is 5.22. The van der Waals surface area contributed by atoms with Crippen LogP contribution in [-0.4, -0.2) is 20.8 Å². The lowest BCUT2D eigenvalue weighted by Gasteiger charge is -2.28. The highest BCUT2D eigenvalue weighted by molar-refractivity contribution is 5.81. The van der Waals surface area contributed by atoms with Crippen molar-refractivity contribution in [3.05, 3.63) is 69.1 Å². The maximum Gasteiger partial charge on any atom is 0.336 e. The monoisotopic (exact) mass is 365 g/mol. The molecule has 5 nitrogen and oxygen atoms in total. The Morgan fingerprint density at radius 1 is 1.11 bits per heavy atom. The van der Waals surface area contributed by atoms with Gasteiger partial charge in [0.25, 0.3) is 0 Å². The van der Waals surface area contributed by atoms with Crippen LogP contribution in [0.15, 0.2) is 45.6 Å². The van der Waals surface area contributed by atoms with E-state index in [2.05, 4.69) is 11.4 Å². The number of fused-ring (bicyclic) bond motifs is 2. The summed E-state index contributed by atoms with van der Waals surface area (Å²) >= 11 is 0. The first-order chi connectivity index (χ1) is 13.1. The van der Waals surface area contributed by atoms with E-state index in [4.69, 9.17) is 13.9 Å². The Balaban J connectivity index is 1.77. The van der Waals surface area contributed by atoms with Crippen molar-refractivity contribution >= 4 is 11.0 Å². The molecule has 140 valence electrons. The average Bonchev–Trinajstić information content (AvgIpc) is 2.66. The molecule has 0 bridgehead atoms. The highest BCUT2D eigenvalue weighted by atomic mass is 16.5. The van der Waals surface area contributed by atoms with Gasteiger partial charge in [0.15, 0.2) is 11.5 Å². The van der Waals surface area contributed by atoms with Crippen molar-refractivity contribution in [3.63, 3.8) is 0 Å². The fraction of sp³-hybridized carbons (Fsp3) is 0.318. The third kappa shape index (κ3) is 3.30. The molecule has 27 heavy (non-hydrogen) atoms. The molecule has 1 atom stereocenters. The maximum absolute atomic E-state index is 12.1. The average molecular weight is 365 g/mol. The van der Waals surface area contributed by atoms with Gasteiger partial charge >= 0.3 is 5.63 Å². The molecule has 2 aromatic carbocycles. The first kappa shape index (κ1) is 17.6. The Kier molecular flexibility index (Phi) is 4.62. The van der Waals surface area contributed by atoms with Gasteiger partial charge < -0.3 is 19.2 Å². The second-order valence-electron chi connectivity index (χ2n) is 6.96. The lowest BCUT2D eigenvalue weighted by Crippen LogP contribution is -2.31. The zero-order valence-electron chi connectivity index (χ0n) is 15.8. The first-order valence-electron chi connectivity index (χ1n) is 9.10. The number of methoxy groups -OCH3 is 2. The van der Waals surface area contributed by atoms with Crippen LogP contribution in [0.1, 0.15) is 28.3 Å². The lowest BCUT2D eigenvalue weighted by atomic mass is 9.89. The number of hydrogen-bond acceptors (Lipinski definition) is 5. The van der Waals surface area contributed by atoms with Crippen molar-refractivity contribution in [2.24, 2.45) is 0 Å². The van der Waals surface area contributed by atoms with Gasteiger partial charge in [-0.1, -0.05) is 12.1 Å². The lowest BCUT2D eigenvalue weighted by molar-refractivity contribution is 0.352. The molecule has 0 radical (unpaired) electrons. The summed E-state index contributed by atoms with van der Waals surface area (Å²) in [7, 11) is 3.30. The summed E-state index contributed by atoms with van der Waals surface area (Å²) in [5.74, 6) is 1.47. The van der Waals surface area contributed by atoms with Gasteiger partial charge in [0.2, 0.25) is 0 Å². The van der Waals surface area contributed by atoms with Crippen LogP contribution in [0, 0.1) is 6.92 Å². The summed E-state index contributed by atoms with van der Waals surface area (Å²) in [5, 5.41) is 4.56. The largest absolute Gasteiger partial charge is 0.493 e. The first-order valence-corrected chi connectivity index (χ1v) is 9.10. The number of ether oxygens (including phenoxy) is 2. The minimum absolute atomic E-state index is 0.0971. The highest BCUT2D eigenvalue weighted by Crippen LogP contribution is 2.36. The van der Waals surface area contributed by atoms with Gasteiger partial charge in [0.05, 0.1) is 14.2 Å². The summed E-state index contributed by atoms with van der Waals surface area (Å²) in [5.41, 5.74) is 4.82. The quantitative estimate of drug-likeness (QED) is 0.717. The Hall–Kier alpha value is -2.79. The molecule has 0 saturated carbocycles. The number of benzene rings is 2. The van der Waals surface area contributed by atoms with E-state index >= 15 is 0 Å². The van der Waals surface area contributed by atoms with Gasteiger partial charge in [0.1, 0.15) is 5.58 Å². The van der Waals surface area contributed by atoms with E-state index in [1.54, 1.807) is 20.3 Å². The van der Waals surface area contributed by atoms with E-state index in [1.165, 1.54) is 11.1 Å². The van der Waals surface area contributed by atoms with E-state index in [1.807, 2.05) is 31.2 Å². The van der Waals surface area contributed by atoms with Crippen molar-refractivity contribution in [1.82, 2.24) is 5.32 Å². The molecular formula is C22H23NO4. The van der Waals surface area contributed by atoms with Crippen molar-refractivity contribution < 1.29 is 13.9 Å². The van der Waals surface area contributed by atoms with Gasteiger partial charge in [-0.25, -0.2) is 4.79 Å². The maximum atomic E-state index is 12.1. The van der Waals surface area contributed by atoms with Crippen LogP contribution in [0.25, 0.3) is 11.0 Å². The van der Waals surface area contributed by atoms with Gasteiger partial charge in [-0.3, -0.25) is 0 Å². The molecule has 0 amide bonds. The molecular weight excluding hydrogens is 342 g/mol. The van der Waals surface area contributed by atoms with Gasteiger partial charge in [-0.05, 0) is 66.8 Å². The Morgan fingerprint density at radius 2 is 1.89 bits per heavy atom. The Labute approximate surface area is 157 Å². The molecule has 1 aromatic heterocycles. The molecule has 1 N–H and O–H groups in total. The van der Waals surface area contributed by atoms with Crippen LogP contribution in [0.3, 0.4) is 0 Å². The van der Waals surface area contributed by atoms with Crippen LogP contribution in [0.5, 0.6) is 11.5 Å². The third-order valence-corrected chi connectivity index (χ3v) is 5.22. The second-order valence-corrected chi connectivity index (χ2v) is 6.96. The number of aryl methyl sites for hydroxylation is 1. The van der Waals surface area contributed by atoms with Crippen LogP contribution in [0.4, 0.5) is 0 Å². The topological polar surface area (TPSA) is 60.7 Å². The zero-order chi connectivity index (χ0) is 19.0. The van der Waals surface area contributed by atoms with Crippen LogP contribution >= 0.6 is 0 Å². The fourth-order valence-electron chi connectivity index (χ4n) is 3.88. The van der Waals surface area contributed by atoms with Gasteiger partial charge in [0, 0.05) is 17.5 Å². The number of hydrogen-bond donors (Lipinski definition) is 1. The van der Waals surface area contributed by atoms with Crippen LogP contribution in [-0.2, 0) is 12.8 Å². The molecule has 3 aromatic rings. The normalized spacial score (nSPS) is 16.2. The van der Waals surface area contributed by atoms with Crippen molar-refractivity contribution in [1.29, 1.82) is 0 Å². The molecule has 0 aliphatic carbocycles. The summed E-state index contributed by atoms with van der Waals surface area (Å²) in [6, 6.07) is 11.8.